The lowest BCUT2D eigenvalue weighted by Crippen LogP contribution is -2.16. The van der Waals surface area contributed by atoms with Crippen LogP contribution in [0.2, 0.25) is 0 Å². The van der Waals surface area contributed by atoms with E-state index in [2.05, 4.69) is 6.07 Å². The van der Waals surface area contributed by atoms with Gasteiger partial charge in [-0.1, -0.05) is 67.6 Å². The highest BCUT2D eigenvalue weighted by molar-refractivity contribution is 6.00. The molecule has 0 saturated carbocycles. The van der Waals surface area contributed by atoms with Gasteiger partial charge in [-0.25, -0.2) is 0 Å². The zero-order chi connectivity index (χ0) is 15.1. The summed E-state index contributed by atoms with van der Waals surface area (Å²) in [5, 5.41) is 9.21. The normalized spacial score (nSPS) is 13.1. The average molecular weight is 277 g/mol. The first-order chi connectivity index (χ1) is 10.3. The number of carbonyl (C=O) groups excluding carboxylic acids is 1. The summed E-state index contributed by atoms with van der Waals surface area (Å²) in [5.41, 5.74) is 1.69. The Morgan fingerprint density at radius 1 is 1.05 bits per heavy atom. The predicted octanol–water partition coefficient (Wildman–Crippen LogP) is 4.59. The molecule has 0 aliphatic rings. The molecule has 0 aromatic heterocycles. The van der Waals surface area contributed by atoms with Crippen molar-refractivity contribution in [2.45, 2.75) is 25.7 Å². The van der Waals surface area contributed by atoms with Gasteiger partial charge in [0.25, 0.3) is 0 Å². The number of ketones is 1. The Bertz CT molecular complexity index is 613. The number of hydrogen-bond acceptors (Lipinski definition) is 2. The fourth-order valence-electron chi connectivity index (χ4n) is 2.48. The minimum absolute atomic E-state index is 0.0931. The summed E-state index contributed by atoms with van der Waals surface area (Å²) in [4.78, 5) is 12.8. The zero-order valence-electron chi connectivity index (χ0n) is 12.2. The third kappa shape index (κ3) is 3.79. The molecule has 106 valence electrons. The van der Waals surface area contributed by atoms with E-state index in [0.29, 0.717) is 12.0 Å². The molecule has 2 aromatic rings. The second-order valence-electron chi connectivity index (χ2n) is 5.16. The molecular weight excluding hydrogens is 258 g/mol. The molecule has 0 amide bonds. The van der Waals surface area contributed by atoms with Crippen LogP contribution in [0.25, 0.3) is 0 Å². The lowest BCUT2D eigenvalue weighted by molar-refractivity contribution is 0.0950. The van der Waals surface area contributed by atoms with E-state index in [9.17, 15) is 10.1 Å². The van der Waals surface area contributed by atoms with Crippen LogP contribution in [-0.4, -0.2) is 5.78 Å². The SMILES string of the molecule is CCC(C#N)CC(C(=O)c1ccccc1)c1ccccc1. The quantitative estimate of drug-likeness (QED) is 0.724. The van der Waals surface area contributed by atoms with Gasteiger partial charge < -0.3 is 0 Å². The molecule has 0 radical (unpaired) electrons. The van der Waals surface area contributed by atoms with Crippen LogP contribution in [-0.2, 0) is 0 Å². The maximum atomic E-state index is 12.8. The summed E-state index contributed by atoms with van der Waals surface area (Å²) in [6.45, 7) is 1.99. The largest absolute Gasteiger partial charge is 0.293 e. The van der Waals surface area contributed by atoms with Crippen LogP contribution < -0.4 is 0 Å². The van der Waals surface area contributed by atoms with Crippen LogP contribution in [0.1, 0.15) is 41.6 Å². The van der Waals surface area contributed by atoms with Crippen molar-refractivity contribution in [1.82, 2.24) is 0 Å². The first-order valence-electron chi connectivity index (χ1n) is 7.30. The van der Waals surface area contributed by atoms with Crippen LogP contribution in [0.15, 0.2) is 60.7 Å². The van der Waals surface area contributed by atoms with Crippen molar-refractivity contribution >= 4 is 5.78 Å². The third-order valence-electron chi connectivity index (χ3n) is 3.77. The standard InChI is InChI=1S/C19H19NO/c1-2-15(14-20)13-18(16-9-5-3-6-10-16)19(21)17-11-7-4-8-12-17/h3-12,15,18H,2,13H2,1H3. The van der Waals surface area contributed by atoms with E-state index in [1.165, 1.54) is 0 Å². The summed E-state index contributed by atoms with van der Waals surface area (Å²) in [6, 6.07) is 21.4. The number of benzene rings is 2. The molecule has 0 aliphatic carbocycles. The van der Waals surface area contributed by atoms with Crippen molar-refractivity contribution in [3.05, 3.63) is 71.8 Å². The Kier molecular flexibility index (Phi) is 5.29. The van der Waals surface area contributed by atoms with E-state index < -0.39 is 0 Å². The average Bonchev–Trinajstić information content (AvgIpc) is 2.57. The van der Waals surface area contributed by atoms with E-state index in [-0.39, 0.29) is 17.6 Å². The first-order valence-corrected chi connectivity index (χ1v) is 7.30. The minimum Gasteiger partial charge on any atom is -0.293 e. The van der Waals surface area contributed by atoms with Crippen LogP contribution in [0, 0.1) is 17.2 Å². The predicted molar refractivity (Wildman–Crippen MR) is 84.0 cm³/mol. The zero-order valence-corrected chi connectivity index (χ0v) is 12.2. The fraction of sp³-hybridized carbons (Fsp3) is 0.263. The van der Waals surface area contributed by atoms with E-state index in [0.717, 1.165) is 12.0 Å². The van der Waals surface area contributed by atoms with Gasteiger partial charge in [0.2, 0.25) is 0 Å². The molecule has 0 N–H and O–H groups in total. The number of nitriles is 1. The van der Waals surface area contributed by atoms with Gasteiger partial charge in [-0.3, -0.25) is 4.79 Å². The van der Waals surface area contributed by atoms with E-state index >= 15 is 0 Å². The molecule has 2 rings (SSSR count). The Hall–Kier alpha value is -2.40. The van der Waals surface area contributed by atoms with Crippen molar-refractivity contribution in [2.24, 2.45) is 5.92 Å². The monoisotopic (exact) mass is 277 g/mol. The molecule has 2 aromatic carbocycles. The van der Waals surface area contributed by atoms with Crippen molar-refractivity contribution in [1.29, 1.82) is 5.26 Å². The molecular formula is C19H19NO. The number of Topliss-reactive ketones (excluding diaryl/α,β-unsaturated/α-hetero) is 1. The lowest BCUT2D eigenvalue weighted by Gasteiger charge is -2.18. The highest BCUT2D eigenvalue weighted by Crippen LogP contribution is 2.28. The number of rotatable bonds is 6. The summed E-state index contributed by atoms with van der Waals surface area (Å²) in [6.07, 6.45) is 1.34. The van der Waals surface area contributed by atoms with E-state index in [1.807, 2.05) is 67.6 Å². The van der Waals surface area contributed by atoms with Gasteiger partial charge in [0.1, 0.15) is 0 Å². The molecule has 21 heavy (non-hydrogen) atoms. The lowest BCUT2D eigenvalue weighted by atomic mass is 9.83. The maximum Gasteiger partial charge on any atom is 0.170 e. The Morgan fingerprint density at radius 2 is 1.62 bits per heavy atom. The van der Waals surface area contributed by atoms with Crippen LogP contribution in [0.5, 0.6) is 0 Å². The highest BCUT2D eigenvalue weighted by atomic mass is 16.1. The van der Waals surface area contributed by atoms with Crippen molar-refractivity contribution in [3.63, 3.8) is 0 Å². The molecule has 2 nitrogen and oxygen atoms in total. The van der Waals surface area contributed by atoms with Gasteiger partial charge in [0.05, 0.1) is 6.07 Å². The molecule has 2 heteroatoms. The summed E-state index contributed by atoms with van der Waals surface area (Å²) >= 11 is 0. The van der Waals surface area contributed by atoms with Gasteiger partial charge in [-0.15, -0.1) is 0 Å². The van der Waals surface area contributed by atoms with E-state index in [1.54, 1.807) is 0 Å². The minimum atomic E-state index is -0.252. The topological polar surface area (TPSA) is 40.9 Å². The van der Waals surface area contributed by atoms with Crippen molar-refractivity contribution in [3.8, 4) is 6.07 Å². The molecule has 0 bridgehead atoms. The molecule has 2 atom stereocenters. The molecule has 0 fully saturated rings. The number of hydrogen-bond donors (Lipinski definition) is 0. The maximum absolute atomic E-state index is 12.8. The molecule has 0 spiro atoms. The fourth-order valence-corrected chi connectivity index (χ4v) is 2.48. The second-order valence-corrected chi connectivity index (χ2v) is 5.16. The van der Waals surface area contributed by atoms with Crippen molar-refractivity contribution in [2.75, 3.05) is 0 Å². The molecule has 0 saturated heterocycles. The van der Waals surface area contributed by atoms with Gasteiger partial charge in [0, 0.05) is 17.4 Å². The summed E-state index contributed by atoms with van der Waals surface area (Å²) in [5.74, 6) is -0.253. The van der Waals surface area contributed by atoms with Gasteiger partial charge in [-0.05, 0) is 18.4 Å². The van der Waals surface area contributed by atoms with Crippen molar-refractivity contribution < 1.29 is 4.79 Å². The van der Waals surface area contributed by atoms with Crippen LogP contribution in [0.3, 0.4) is 0 Å². The summed E-state index contributed by atoms with van der Waals surface area (Å²) in [7, 11) is 0. The molecule has 0 heterocycles. The Labute approximate surface area is 126 Å². The second kappa shape index (κ2) is 7.40. The molecule has 0 aliphatic heterocycles. The highest BCUT2D eigenvalue weighted by Gasteiger charge is 2.24. The third-order valence-corrected chi connectivity index (χ3v) is 3.77. The Balaban J connectivity index is 2.32. The smallest absolute Gasteiger partial charge is 0.170 e. The Morgan fingerprint density at radius 3 is 2.14 bits per heavy atom. The van der Waals surface area contributed by atoms with Gasteiger partial charge in [0.15, 0.2) is 5.78 Å². The van der Waals surface area contributed by atoms with Gasteiger partial charge in [-0.2, -0.15) is 5.26 Å². The van der Waals surface area contributed by atoms with Crippen LogP contribution in [0.4, 0.5) is 0 Å². The van der Waals surface area contributed by atoms with Crippen LogP contribution >= 0.6 is 0 Å². The number of carbonyl (C=O) groups is 1. The summed E-state index contributed by atoms with van der Waals surface area (Å²) < 4.78 is 0. The van der Waals surface area contributed by atoms with Gasteiger partial charge >= 0.3 is 0 Å². The van der Waals surface area contributed by atoms with E-state index in [4.69, 9.17) is 0 Å². The first kappa shape index (κ1) is 15.0. The molecule has 2 unspecified atom stereocenters. The number of nitrogens with zero attached hydrogens (tertiary/aromatic N) is 1.